The number of aromatic nitrogens is 4. The number of nitrogens with zero attached hydrogens (tertiary/aromatic N) is 5. The summed E-state index contributed by atoms with van der Waals surface area (Å²) in [7, 11) is 0. The number of rotatable bonds is 4. The van der Waals surface area contributed by atoms with E-state index in [2.05, 4.69) is 10.1 Å². The maximum Gasteiger partial charge on any atom is 0.315 e. The molecule has 5 heterocycles. The molecule has 4 aromatic rings. The molecule has 2 amide bonds. The number of Topliss-reactive ketones (excluding diaryl/α,β-unsaturated/α-hetero) is 1. The maximum absolute atomic E-state index is 13.3. The minimum atomic E-state index is -0.393. The number of amides is 2. The molecule has 1 aromatic carbocycles. The molecule has 6 rings (SSSR count). The van der Waals surface area contributed by atoms with E-state index >= 15 is 0 Å². The third-order valence-electron chi connectivity index (χ3n) is 7.65. The first kappa shape index (κ1) is 23.1. The molecule has 37 heavy (non-hydrogen) atoms. The minimum Gasteiger partial charge on any atom is -0.383 e. The van der Waals surface area contributed by atoms with E-state index in [1.165, 1.54) is 23.6 Å². The van der Waals surface area contributed by atoms with Gasteiger partial charge in [0.1, 0.15) is 11.6 Å². The second-order valence-electron chi connectivity index (χ2n) is 9.84. The first-order valence-electron chi connectivity index (χ1n) is 12.3. The average molecular weight is 500 g/mol. The standard InChI is InChI=1S/C27H26FN7O2/c1-14(36)23-24(17-10-19-7-8-20(11-17)34(19)27(30)37)33-26-21(13-32-35(26)25(23)29)16-4-9-22(31-12-16)15-2-5-18(28)6-3-15/h2-6,9,12-13,17,19-20H,7-8,10-11,29H2,1H3,(H2,30,37)/t17-,19+,20?/m1/s1. The number of benzene rings is 1. The van der Waals surface area contributed by atoms with E-state index in [0.29, 0.717) is 35.4 Å². The Balaban J connectivity index is 1.41. The molecule has 4 N–H and O–H groups in total. The topological polar surface area (TPSA) is 132 Å². The zero-order valence-corrected chi connectivity index (χ0v) is 20.3. The molecule has 1 unspecified atom stereocenters. The van der Waals surface area contributed by atoms with E-state index in [4.69, 9.17) is 16.5 Å². The second-order valence-corrected chi connectivity index (χ2v) is 9.84. The third-order valence-corrected chi connectivity index (χ3v) is 7.65. The molecule has 2 aliphatic rings. The van der Waals surface area contributed by atoms with Crippen molar-refractivity contribution < 1.29 is 14.0 Å². The van der Waals surface area contributed by atoms with Crippen LogP contribution in [0.2, 0.25) is 0 Å². The quantitative estimate of drug-likeness (QED) is 0.405. The van der Waals surface area contributed by atoms with Gasteiger partial charge in [-0.2, -0.15) is 9.61 Å². The highest BCUT2D eigenvalue weighted by Crippen LogP contribution is 2.44. The van der Waals surface area contributed by atoms with Crippen molar-refractivity contribution in [2.75, 3.05) is 5.73 Å². The fraction of sp³-hybridized carbons (Fsp3) is 0.296. The molecule has 0 aliphatic carbocycles. The lowest BCUT2D eigenvalue weighted by molar-refractivity contribution is 0.101. The number of nitrogens with two attached hydrogens (primary N) is 2. The summed E-state index contributed by atoms with van der Waals surface area (Å²) in [5.74, 6) is -0.251. The van der Waals surface area contributed by atoms with E-state index < -0.39 is 6.03 Å². The van der Waals surface area contributed by atoms with Gasteiger partial charge >= 0.3 is 6.03 Å². The van der Waals surface area contributed by atoms with Gasteiger partial charge in [-0.15, -0.1) is 0 Å². The summed E-state index contributed by atoms with van der Waals surface area (Å²) >= 11 is 0. The van der Waals surface area contributed by atoms with Gasteiger partial charge in [-0.25, -0.2) is 14.2 Å². The molecule has 10 heteroatoms. The highest BCUT2D eigenvalue weighted by atomic mass is 19.1. The number of piperidine rings is 1. The minimum absolute atomic E-state index is 0.0268. The van der Waals surface area contributed by atoms with Crippen LogP contribution in [0.15, 0.2) is 48.8 Å². The summed E-state index contributed by atoms with van der Waals surface area (Å²) in [5, 5.41) is 4.43. The summed E-state index contributed by atoms with van der Waals surface area (Å²) in [6, 6.07) is 9.61. The van der Waals surface area contributed by atoms with Crippen LogP contribution < -0.4 is 11.5 Å². The predicted octanol–water partition coefficient (Wildman–Crippen LogP) is 4.17. The Morgan fingerprint density at radius 3 is 2.27 bits per heavy atom. The number of halogens is 1. The van der Waals surface area contributed by atoms with Gasteiger partial charge in [-0.3, -0.25) is 9.78 Å². The van der Waals surface area contributed by atoms with Gasteiger partial charge in [0, 0.05) is 40.9 Å². The fourth-order valence-corrected chi connectivity index (χ4v) is 6.00. The fourth-order valence-electron chi connectivity index (χ4n) is 6.00. The third kappa shape index (κ3) is 3.80. The van der Waals surface area contributed by atoms with Crippen molar-refractivity contribution in [2.24, 2.45) is 5.73 Å². The lowest BCUT2D eigenvalue weighted by Gasteiger charge is -2.38. The Morgan fingerprint density at radius 2 is 1.68 bits per heavy atom. The molecule has 3 aromatic heterocycles. The van der Waals surface area contributed by atoms with Gasteiger partial charge in [0.15, 0.2) is 11.4 Å². The Morgan fingerprint density at radius 1 is 1.00 bits per heavy atom. The first-order chi connectivity index (χ1) is 17.8. The number of fused-ring (bicyclic) bond motifs is 3. The van der Waals surface area contributed by atoms with Crippen LogP contribution in [0.3, 0.4) is 0 Å². The molecule has 188 valence electrons. The number of urea groups is 1. The maximum atomic E-state index is 13.3. The SMILES string of the molecule is CC(=O)c1c([C@H]2CC3CC[C@@H](C2)N3C(N)=O)nc2c(-c3ccc(-c4ccc(F)cc4)nc3)cnn2c1N. The van der Waals surface area contributed by atoms with Crippen molar-refractivity contribution >= 4 is 23.3 Å². The summed E-state index contributed by atoms with van der Waals surface area (Å²) in [6.45, 7) is 1.48. The zero-order valence-electron chi connectivity index (χ0n) is 20.3. The average Bonchev–Trinajstić information content (AvgIpc) is 3.43. The predicted molar refractivity (Wildman–Crippen MR) is 136 cm³/mol. The molecule has 2 bridgehead atoms. The van der Waals surface area contributed by atoms with Gasteiger partial charge in [0.2, 0.25) is 0 Å². The van der Waals surface area contributed by atoms with Crippen molar-refractivity contribution in [3.63, 3.8) is 0 Å². The molecule has 2 saturated heterocycles. The molecule has 2 aliphatic heterocycles. The van der Waals surface area contributed by atoms with Crippen molar-refractivity contribution in [1.82, 2.24) is 24.5 Å². The monoisotopic (exact) mass is 499 g/mol. The smallest absolute Gasteiger partial charge is 0.315 e. The number of hydrogen-bond acceptors (Lipinski definition) is 6. The normalized spacial score (nSPS) is 20.9. The molecule has 9 nitrogen and oxygen atoms in total. The molecule has 0 radical (unpaired) electrons. The summed E-state index contributed by atoms with van der Waals surface area (Å²) in [6.07, 6.45) is 6.53. The van der Waals surface area contributed by atoms with Crippen LogP contribution in [0.1, 0.15) is 54.6 Å². The summed E-state index contributed by atoms with van der Waals surface area (Å²) in [5.41, 5.74) is 16.7. The highest BCUT2D eigenvalue weighted by molar-refractivity contribution is 6.00. The Bertz CT molecular complexity index is 1520. The Labute approximate surface area is 212 Å². The van der Waals surface area contributed by atoms with E-state index in [9.17, 15) is 14.0 Å². The molecule has 3 atom stereocenters. The molecular formula is C27H26FN7O2. The van der Waals surface area contributed by atoms with Crippen LogP contribution in [-0.2, 0) is 0 Å². The molecule has 2 fully saturated rings. The van der Waals surface area contributed by atoms with Crippen LogP contribution >= 0.6 is 0 Å². The lowest BCUT2D eigenvalue weighted by atomic mass is 9.85. The van der Waals surface area contributed by atoms with Crippen molar-refractivity contribution in [3.05, 3.63) is 65.9 Å². The Hall–Kier alpha value is -4.34. The number of anilines is 1. The number of primary amides is 1. The van der Waals surface area contributed by atoms with Gasteiger partial charge in [0.05, 0.1) is 23.1 Å². The number of hydrogen-bond donors (Lipinski definition) is 2. The summed E-state index contributed by atoms with van der Waals surface area (Å²) in [4.78, 5) is 36.0. The Kier molecular flexibility index (Phi) is 5.40. The second kappa shape index (κ2) is 8.65. The number of carbonyl (C=O) groups excluding carboxylic acids is 2. The van der Waals surface area contributed by atoms with Crippen LogP contribution in [0.4, 0.5) is 15.0 Å². The van der Waals surface area contributed by atoms with Crippen LogP contribution in [0.25, 0.3) is 28.0 Å². The summed E-state index contributed by atoms with van der Waals surface area (Å²) < 4.78 is 14.8. The molecule has 0 spiro atoms. The van der Waals surface area contributed by atoms with Crippen LogP contribution in [-0.4, -0.2) is 48.4 Å². The first-order valence-corrected chi connectivity index (χ1v) is 12.3. The highest BCUT2D eigenvalue weighted by Gasteiger charge is 2.44. The molecule has 0 saturated carbocycles. The van der Waals surface area contributed by atoms with E-state index in [1.54, 1.807) is 29.4 Å². The van der Waals surface area contributed by atoms with Crippen molar-refractivity contribution in [2.45, 2.75) is 50.6 Å². The van der Waals surface area contributed by atoms with Crippen LogP contribution in [0, 0.1) is 5.82 Å². The number of ketones is 1. The number of nitrogen functional groups attached to an aromatic ring is 1. The van der Waals surface area contributed by atoms with Gasteiger partial charge in [0.25, 0.3) is 0 Å². The van der Waals surface area contributed by atoms with E-state index in [-0.39, 0.29) is 35.4 Å². The van der Waals surface area contributed by atoms with Gasteiger partial charge in [-0.1, -0.05) is 6.07 Å². The zero-order chi connectivity index (χ0) is 25.8. The van der Waals surface area contributed by atoms with E-state index in [1.807, 2.05) is 12.1 Å². The number of carbonyl (C=O) groups is 2. The van der Waals surface area contributed by atoms with Crippen molar-refractivity contribution in [1.29, 1.82) is 0 Å². The van der Waals surface area contributed by atoms with Crippen LogP contribution in [0.5, 0.6) is 0 Å². The van der Waals surface area contributed by atoms with Crippen molar-refractivity contribution in [3.8, 4) is 22.4 Å². The largest absolute Gasteiger partial charge is 0.383 e. The van der Waals surface area contributed by atoms with Gasteiger partial charge in [-0.05, 0) is 62.9 Å². The number of pyridine rings is 1. The van der Waals surface area contributed by atoms with Gasteiger partial charge < -0.3 is 16.4 Å². The molecular weight excluding hydrogens is 473 g/mol. The lowest BCUT2D eigenvalue weighted by Crippen LogP contribution is -2.48. The van der Waals surface area contributed by atoms with E-state index in [0.717, 1.165) is 29.5 Å².